The van der Waals surface area contributed by atoms with Crippen molar-refractivity contribution in [1.82, 2.24) is 4.98 Å². The number of rotatable bonds is 9. The number of para-hydroxylation sites is 1. The van der Waals surface area contributed by atoms with E-state index in [9.17, 15) is 10.2 Å². The van der Waals surface area contributed by atoms with Gasteiger partial charge in [0.15, 0.2) is 0 Å². The van der Waals surface area contributed by atoms with Gasteiger partial charge in [-0.1, -0.05) is 52.8 Å². The van der Waals surface area contributed by atoms with E-state index in [4.69, 9.17) is 4.98 Å². The molecule has 0 aliphatic heterocycles. The summed E-state index contributed by atoms with van der Waals surface area (Å²) in [5.41, 5.74) is 5.44. The van der Waals surface area contributed by atoms with Gasteiger partial charge in [0, 0.05) is 11.4 Å². The summed E-state index contributed by atoms with van der Waals surface area (Å²) in [7, 11) is 0. The van der Waals surface area contributed by atoms with Gasteiger partial charge in [-0.25, -0.2) is 0 Å². The fourth-order valence-corrected chi connectivity index (χ4v) is 3.91. The number of benzene rings is 1. The van der Waals surface area contributed by atoms with Gasteiger partial charge in [-0.3, -0.25) is 4.98 Å². The van der Waals surface area contributed by atoms with Gasteiger partial charge in [0.2, 0.25) is 0 Å². The Kier molecular flexibility index (Phi) is 7.85. The molecule has 1 heterocycles. The number of phenols is 1. The van der Waals surface area contributed by atoms with Crippen molar-refractivity contribution >= 4 is 0 Å². The van der Waals surface area contributed by atoms with Gasteiger partial charge in [-0.2, -0.15) is 0 Å². The molecule has 0 fully saturated rings. The average molecular weight is 370 g/mol. The van der Waals surface area contributed by atoms with Crippen molar-refractivity contribution in [2.24, 2.45) is 0 Å². The maximum absolute atomic E-state index is 10.2. The maximum atomic E-state index is 10.2. The second kappa shape index (κ2) is 9.89. The summed E-state index contributed by atoms with van der Waals surface area (Å²) in [5.74, 6) is 1.45. The second-order valence-electron chi connectivity index (χ2n) is 8.10. The summed E-state index contributed by atoms with van der Waals surface area (Å²) in [6, 6.07) is 9.84. The molecule has 1 atom stereocenters. The van der Waals surface area contributed by atoms with Crippen molar-refractivity contribution in [3.05, 3.63) is 58.4 Å². The van der Waals surface area contributed by atoms with E-state index in [2.05, 4.69) is 40.7 Å². The van der Waals surface area contributed by atoms with Crippen molar-refractivity contribution < 1.29 is 10.2 Å². The summed E-state index contributed by atoms with van der Waals surface area (Å²) < 4.78 is 0. The standard InChI is InChI=1S/C24H35NO2/c1-6-18(21-12-7-8-13-22(21)27)10-9-11-19-14-20(15-26)24(17(4)5)25-23(19)16(2)3/h7-8,12-14,16-18,26-27H,6,9-11,15H2,1-5H3. The Hall–Kier alpha value is -1.87. The topological polar surface area (TPSA) is 53.4 Å². The third-order valence-electron chi connectivity index (χ3n) is 5.38. The number of hydrogen-bond donors (Lipinski definition) is 2. The van der Waals surface area contributed by atoms with Gasteiger partial charge < -0.3 is 10.2 Å². The van der Waals surface area contributed by atoms with Gasteiger partial charge in [0.25, 0.3) is 0 Å². The number of hydrogen-bond acceptors (Lipinski definition) is 3. The third kappa shape index (κ3) is 5.32. The first-order valence-corrected chi connectivity index (χ1v) is 10.3. The largest absolute Gasteiger partial charge is 0.508 e. The highest BCUT2D eigenvalue weighted by Gasteiger charge is 2.17. The molecule has 0 aliphatic carbocycles. The van der Waals surface area contributed by atoms with E-state index >= 15 is 0 Å². The maximum Gasteiger partial charge on any atom is 0.119 e. The quantitative estimate of drug-likeness (QED) is 0.566. The number of aryl methyl sites for hydroxylation is 1. The van der Waals surface area contributed by atoms with Gasteiger partial charge in [-0.15, -0.1) is 0 Å². The third-order valence-corrected chi connectivity index (χ3v) is 5.38. The molecule has 0 saturated carbocycles. The van der Waals surface area contributed by atoms with Crippen molar-refractivity contribution in [2.75, 3.05) is 0 Å². The molecule has 27 heavy (non-hydrogen) atoms. The number of aromatic nitrogens is 1. The molecule has 0 aliphatic rings. The van der Waals surface area contributed by atoms with Crippen molar-refractivity contribution in [3.8, 4) is 5.75 Å². The highest BCUT2D eigenvalue weighted by molar-refractivity contribution is 5.35. The average Bonchev–Trinajstić information content (AvgIpc) is 2.65. The fourth-order valence-electron chi connectivity index (χ4n) is 3.91. The fraction of sp³-hybridized carbons (Fsp3) is 0.542. The SMILES string of the molecule is CCC(CCCc1cc(CO)c(C(C)C)nc1C(C)C)c1ccccc1O. The lowest BCUT2D eigenvalue weighted by Gasteiger charge is -2.20. The van der Waals surface area contributed by atoms with E-state index in [1.807, 2.05) is 18.2 Å². The van der Waals surface area contributed by atoms with Crippen LogP contribution < -0.4 is 0 Å². The van der Waals surface area contributed by atoms with Crippen LogP contribution in [0.1, 0.15) is 99.7 Å². The molecule has 3 nitrogen and oxygen atoms in total. The zero-order valence-electron chi connectivity index (χ0n) is 17.5. The molecule has 2 N–H and O–H groups in total. The van der Waals surface area contributed by atoms with E-state index in [1.165, 1.54) is 5.56 Å². The summed E-state index contributed by atoms with van der Waals surface area (Å²) >= 11 is 0. The van der Waals surface area contributed by atoms with Crippen LogP contribution in [0.2, 0.25) is 0 Å². The molecule has 3 heteroatoms. The van der Waals surface area contributed by atoms with E-state index in [-0.39, 0.29) is 6.61 Å². The molecule has 0 bridgehead atoms. The Labute approximate surface area is 164 Å². The van der Waals surface area contributed by atoms with Crippen LogP contribution in [0.5, 0.6) is 5.75 Å². The molecule has 2 rings (SSSR count). The van der Waals surface area contributed by atoms with Crippen molar-refractivity contribution in [1.29, 1.82) is 0 Å². The second-order valence-corrected chi connectivity index (χ2v) is 8.10. The van der Waals surface area contributed by atoms with E-state index in [0.29, 0.717) is 23.5 Å². The van der Waals surface area contributed by atoms with Crippen molar-refractivity contribution in [3.63, 3.8) is 0 Å². The Morgan fingerprint density at radius 1 is 0.963 bits per heavy atom. The number of nitrogens with zero attached hydrogens (tertiary/aromatic N) is 1. The van der Waals surface area contributed by atoms with Crippen LogP contribution in [0.15, 0.2) is 30.3 Å². The molecule has 148 valence electrons. The first-order chi connectivity index (χ1) is 12.9. The highest BCUT2D eigenvalue weighted by atomic mass is 16.3. The van der Waals surface area contributed by atoms with Crippen LogP contribution in [0.4, 0.5) is 0 Å². The Bertz CT molecular complexity index is 737. The lowest BCUT2D eigenvalue weighted by atomic mass is 9.88. The Morgan fingerprint density at radius 3 is 2.15 bits per heavy atom. The highest BCUT2D eigenvalue weighted by Crippen LogP contribution is 2.33. The molecule has 0 spiro atoms. The van der Waals surface area contributed by atoms with Crippen LogP contribution in [0.3, 0.4) is 0 Å². The number of aliphatic hydroxyl groups is 1. The first kappa shape index (κ1) is 21.4. The van der Waals surface area contributed by atoms with Crippen LogP contribution in [-0.4, -0.2) is 15.2 Å². The Balaban J connectivity index is 2.18. The zero-order valence-corrected chi connectivity index (χ0v) is 17.5. The van der Waals surface area contributed by atoms with Crippen LogP contribution >= 0.6 is 0 Å². The lowest BCUT2D eigenvalue weighted by Crippen LogP contribution is -2.09. The van der Waals surface area contributed by atoms with Gasteiger partial charge in [0.1, 0.15) is 5.75 Å². The van der Waals surface area contributed by atoms with Crippen molar-refractivity contribution in [2.45, 2.75) is 84.7 Å². The minimum Gasteiger partial charge on any atom is -0.508 e. The summed E-state index contributed by atoms with van der Waals surface area (Å²) in [4.78, 5) is 4.93. The molecule has 1 aromatic heterocycles. The number of aromatic hydroxyl groups is 1. The molecule has 0 saturated heterocycles. The predicted molar refractivity (Wildman–Crippen MR) is 112 cm³/mol. The number of aliphatic hydroxyl groups excluding tert-OH is 1. The van der Waals surface area contributed by atoms with Crippen LogP contribution in [0, 0.1) is 0 Å². The van der Waals surface area contributed by atoms with Gasteiger partial charge in [-0.05, 0) is 72.3 Å². The van der Waals surface area contributed by atoms with E-state index in [0.717, 1.165) is 48.2 Å². The molecular weight excluding hydrogens is 334 g/mol. The molecule has 0 radical (unpaired) electrons. The number of phenolic OH excluding ortho intramolecular Hbond substituents is 1. The molecular formula is C24H35NO2. The van der Waals surface area contributed by atoms with Gasteiger partial charge in [0.05, 0.1) is 6.61 Å². The molecule has 0 amide bonds. The minimum absolute atomic E-state index is 0.0430. The summed E-state index contributed by atoms with van der Waals surface area (Å²) in [6.45, 7) is 10.9. The lowest BCUT2D eigenvalue weighted by molar-refractivity contribution is 0.279. The molecule has 1 unspecified atom stereocenters. The number of pyridine rings is 1. The molecule has 1 aromatic carbocycles. The predicted octanol–water partition coefficient (Wildman–Crippen LogP) is 6.04. The monoisotopic (exact) mass is 369 g/mol. The molecule has 2 aromatic rings. The van der Waals surface area contributed by atoms with Crippen LogP contribution in [-0.2, 0) is 13.0 Å². The zero-order chi connectivity index (χ0) is 20.0. The minimum atomic E-state index is 0.0430. The first-order valence-electron chi connectivity index (χ1n) is 10.3. The summed E-state index contributed by atoms with van der Waals surface area (Å²) in [5, 5.41) is 19.9. The summed E-state index contributed by atoms with van der Waals surface area (Å²) in [6.07, 6.45) is 4.04. The smallest absolute Gasteiger partial charge is 0.119 e. The van der Waals surface area contributed by atoms with E-state index < -0.39 is 0 Å². The van der Waals surface area contributed by atoms with Gasteiger partial charge >= 0.3 is 0 Å². The Morgan fingerprint density at radius 2 is 1.59 bits per heavy atom. The van der Waals surface area contributed by atoms with Crippen LogP contribution in [0.25, 0.3) is 0 Å². The van der Waals surface area contributed by atoms with E-state index in [1.54, 1.807) is 6.07 Å². The normalized spacial score (nSPS) is 12.7.